The van der Waals surface area contributed by atoms with Gasteiger partial charge in [0, 0.05) is 38.8 Å². The normalized spacial score (nSPS) is 11.3. The van der Waals surface area contributed by atoms with Gasteiger partial charge in [-0.2, -0.15) is 0 Å². The van der Waals surface area contributed by atoms with Gasteiger partial charge in [-0.25, -0.2) is 0 Å². The first-order valence-corrected chi connectivity index (χ1v) is 16.4. The molecule has 226 valence electrons. The molecule has 1 aromatic heterocycles. The molecule has 0 fully saturated rings. The van der Waals surface area contributed by atoms with Gasteiger partial charge in [0.2, 0.25) is 0 Å². The third-order valence-electron chi connectivity index (χ3n) is 9.25. The third kappa shape index (κ3) is 4.83. The highest BCUT2D eigenvalue weighted by molar-refractivity contribution is 6.20. The largest absolute Gasteiger partial charge is 0.455 e. The molecular formula is C46H31NO. The van der Waals surface area contributed by atoms with Crippen molar-refractivity contribution >= 4 is 49.8 Å². The van der Waals surface area contributed by atoms with Crippen LogP contribution in [0, 0.1) is 0 Å². The number of hydrogen-bond acceptors (Lipinski definition) is 2. The Balaban J connectivity index is 1.18. The average Bonchev–Trinajstić information content (AvgIpc) is 3.55. The summed E-state index contributed by atoms with van der Waals surface area (Å²) >= 11 is 0. The van der Waals surface area contributed by atoms with E-state index in [1.165, 1.54) is 22.1 Å². The predicted octanol–water partition coefficient (Wildman–Crippen LogP) is 13.2. The molecule has 2 heteroatoms. The van der Waals surface area contributed by atoms with E-state index < -0.39 is 0 Å². The summed E-state index contributed by atoms with van der Waals surface area (Å²) in [5, 5.41) is 4.55. The highest BCUT2D eigenvalue weighted by atomic mass is 16.3. The van der Waals surface area contributed by atoms with Crippen LogP contribution in [-0.4, -0.2) is 0 Å². The van der Waals surface area contributed by atoms with Crippen molar-refractivity contribution in [1.29, 1.82) is 0 Å². The summed E-state index contributed by atoms with van der Waals surface area (Å²) in [6.07, 6.45) is 0. The van der Waals surface area contributed by atoms with E-state index >= 15 is 0 Å². The lowest BCUT2D eigenvalue weighted by Crippen LogP contribution is -2.09. The second kappa shape index (κ2) is 11.8. The van der Waals surface area contributed by atoms with Crippen molar-refractivity contribution in [2.75, 3.05) is 4.90 Å². The number of rotatable bonds is 6. The number of benzene rings is 8. The van der Waals surface area contributed by atoms with E-state index in [2.05, 4.69) is 187 Å². The van der Waals surface area contributed by atoms with Crippen LogP contribution in [0.3, 0.4) is 0 Å². The van der Waals surface area contributed by atoms with Gasteiger partial charge in [-0.1, -0.05) is 146 Å². The Labute approximate surface area is 279 Å². The second-order valence-corrected chi connectivity index (χ2v) is 12.1. The Morgan fingerprint density at radius 2 is 0.812 bits per heavy atom. The lowest BCUT2D eigenvalue weighted by molar-refractivity contribution is 0.674. The molecule has 0 radical (unpaired) electrons. The fourth-order valence-corrected chi connectivity index (χ4v) is 6.97. The van der Waals surface area contributed by atoms with Gasteiger partial charge >= 0.3 is 0 Å². The highest BCUT2D eigenvalue weighted by Gasteiger charge is 2.18. The van der Waals surface area contributed by atoms with Crippen molar-refractivity contribution in [2.45, 2.75) is 0 Å². The second-order valence-electron chi connectivity index (χ2n) is 12.1. The lowest BCUT2D eigenvalue weighted by atomic mass is 9.94. The maximum Gasteiger partial charge on any atom is 0.143 e. The zero-order valence-electron chi connectivity index (χ0n) is 26.3. The number of hydrogen-bond donors (Lipinski definition) is 0. The first-order chi connectivity index (χ1) is 23.8. The summed E-state index contributed by atoms with van der Waals surface area (Å²) in [5.41, 5.74) is 12.2. The smallest absolute Gasteiger partial charge is 0.143 e. The van der Waals surface area contributed by atoms with Crippen molar-refractivity contribution in [1.82, 2.24) is 0 Å². The molecule has 0 amide bonds. The molecule has 0 unspecified atom stereocenters. The fourth-order valence-electron chi connectivity index (χ4n) is 6.97. The molecule has 0 atom stereocenters. The predicted molar refractivity (Wildman–Crippen MR) is 202 cm³/mol. The van der Waals surface area contributed by atoms with Gasteiger partial charge in [0.15, 0.2) is 0 Å². The molecule has 9 aromatic rings. The van der Waals surface area contributed by atoms with Crippen LogP contribution in [0.15, 0.2) is 192 Å². The molecule has 0 aliphatic heterocycles. The lowest BCUT2D eigenvalue weighted by Gasteiger charge is -2.26. The summed E-state index contributed by atoms with van der Waals surface area (Å²) in [7, 11) is 0. The average molecular weight is 614 g/mol. The molecule has 2 nitrogen and oxygen atoms in total. The Morgan fingerprint density at radius 3 is 1.56 bits per heavy atom. The van der Waals surface area contributed by atoms with Crippen LogP contribution in [0.5, 0.6) is 0 Å². The number of furan rings is 1. The van der Waals surface area contributed by atoms with Gasteiger partial charge in [0.1, 0.15) is 11.2 Å². The minimum Gasteiger partial charge on any atom is -0.455 e. The Kier molecular flexibility index (Phi) is 6.84. The van der Waals surface area contributed by atoms with Crippen LogP contribution in [-0.2, 0) is 0 Å². The van der Waals surface area contributed by atoms with E-state index in [0.717, 1.165) is 61.1 Å². The van der Waals surface area contributed by atoms with E-state index in [-0.39, 0.29) is 0 Å². The standard InChI is InChI=1S/C46H31NO/c1-4-14-32(15-5-1)35-18-12-21-38(30-35)47(36-19-8-3-9-20-36)37-28-26-34(27-29-37)43-31-44-42-25-13-24-39(33-16-6-2-7-17-33)45(42)48-46(44)41-23-11-10-22-40(41)43/h1-31H. The summed E-state index contributed by atoms with van der Waals surface area (Å²) in [6.45, 7) is 0. The molecule has 1 heterocycles. The number of nitrogens with zero attached hydrogens (tertiary/aromatic N) is 1. The van der Waals surface area contributed by atoms with E-state index in [4.69, 9.17) is 4.42 Å². The topological polar surface area (TPSA) is 16.4 Å². The van der Waals surface area contributed by atoms with Crippen molar-refractivity contribution in [3.05, 3.63) is 188 Å². The van der Waals surface area contributed by atoms with E-state index in [0.29, 0.717) is 0 Å². The van der Waals surface area contributed by atoms with Gasteiger partial charge in [0.25, 0.3) is 0 Å². The van der Waals surface area contributed by atoms with Crippen LogP contribution in [0.2, 0.25) is 0 Å². The first-order valence-electron chi connectivity index (χ1n) is 16.4. The number of para-hydroxylation sites is 2. The molecule has 0 aliphatic carbocycles. The molecule has 8 aromatic carbocycles. The zero-order valence-corrected chi connectivity index (χ0v) is 26.3. The van der Waals surface area contributed by atoms with E-state index in [1.807, 2.05) is 6.07 Å². The minimum atomic E-state index is 0.924. The molecule has 48 heavy (non-hydrogen) atoms. The third-order valence-corrected chi connectivity index (χ3v) is 9.25. The van der Waals surface area contributed by atoms with Crippen LogP contribution in [0.25, 0.3) is 66.1 Å². The molecule has 0 bridgehead atoms. The first kappa shape index (κ1) is 27.9. The van der Waals surface area contributed by atoms with Gasteiger partial charge < -0.3 is 9.32 Å². The minimum absolute atomic E-state index is 0.924. The zero-order chi connectivity index (χ0) is 31.9. The van der Waals surface area contributed by atoms with Crippen molar-refractivity contribution in [2.24, 2.45) is 0 Å². The number of fused-ring (bicyclic) bond motifs is 5. The van der Waals surface area contributed by atoms with E-state index in [9.17, 15) is 0 Å². The monoisotopic (exact) mass is 613 g/mol. The van der Waals surface area contributed by atoms with Crippen LogP contribution in [0.4, 0.5) is 17.1 Å². The molecular weight excluding hydrogens is 583 g/mol. The molecule has 0 spiro atoms. The summed E-state index contributed by atoms with van der Waals surface area (Å²) < 4.78 is 6.73. The molecule has 0 aliphatic rings. The van der Waals surface area contributed by atoms with Crippen LogP contribution < -0.4 is 4.90 Å². The highest BCUT2D eigenvalue weighted by Crippen LogP contribution is 2.43. The maximum absolute atomic E-state index is 6.73. The quantitative estimate of drug-likeness (QED) is 0.185. The van der Waals surface area contributed by atoms with Gasteiger partial charge in [-0.3, -0.25) is 0 Å². The Morgan fingerprint density at radius 1 is 0.292 bits per heavy atom. The SMILES string of the molecule is c1ccc(-c2cccc(N(c3ccccc3)c3ccc(-c4cc5c6cccc(-c7ccccc7)c6oc5c5ccccc45)cc3)c2)cc1. The molecule has 0 N–H and O–H groups in total. The van der Waals surface area contributed by atoms with Gasteiger partial charge in [0.05, 0.1) is 0 Å². The van der Waals surface area contributed by atoms with Crippen LogP contribution >= 0.6 is 0 Å². The van der Waals surface area contributed by atoms with Crippen molar-refractivity contribution in [3.8, 4) is 33.4 Å². The van der Waals surface area contributed by atoms with E-state index in [1.54, 1.807) is 0 Å². The Hall–Kier alpha value is -6.38. The Bertz CT molecular complexity index is 2530. The summed E-state index contributed by atoms with van der Waals surface area (Å²) in [5.74, 6) is 0. The van der Waals surface area contributed by atoms with Crippen LogP contribution in [0.1, 0.15) is 0 Å². The van der Waals surface area contributed by atoms with Crippen molar-refractivity contribution < 1.29 is 4.42 Å². The molecule has 9 rings (SSSR count). The maximum atomic E-state index is 6.73. The van der Waals surface area contributed by atoms with Crippen molar-refractivity contribution in [3.63, 3.8) is 0 Å². The fraction of sp³-hybridized carbons (Fsp3) is 0. The van der Waals surface area contributed by atoms with Gasteiger partial charge in [-0.15, -0.1) is 0 Å². The molecule has 0 saturated heterocycles. The summed E-state index contributed by atoms with van der Waals surface area (Å²) in [6, 6.07) is 66.7. The number of anilines is 3. The summed E-state index contributed by atoms with van der Waals surface area (Å²) in [4.78, 5) is 2.33. The molecule has 0 saturated carbocycles. The van der Waals surface area contributed by atoms with Gasteiger partial charge in [-0.05, 0) is 75.7 Å².